The van der Waals surface area contributed by atoms with Crippen molar-refractivity contribution < 1.29 is 4.74 Å². The number of ether oxygens (including phenoxy) is 1. The van der Waals surface area contributed by atoms with E-state index in [0.717, 1.165) is 17.1 Å². The van der Waals surface area contributed by atoms with Crippen molar-refractivity contribution in [3.8, 4) is 5.75 Å². The second-order valence-corrected chi connectivity index (χ2v) is 3.97. The monoisotopic (exact) mass is 248 g/mol. The Balaban J connectivity index is 2.28. The summed E-state index contributed by atoms with van der Waals surface area (Å²) < 4.78 is 5.09. The van der Waals surface area contributed by atoms with Gasteiger partial charge in [0.05, 0.1) is 29.2 Å². The van der Waals surface area contributed by atoms with E-state index in [2.05, 4.69) is 5.32 Å². The zero-order chi connectivity index (χ0) is 12.3. The first-order chi connectivity index (χ1) is 8.20. The van der Waals surface area contributed by atoms with Gasteiger partial charge in [0.15, 0.2) is 0 Å². The normalized spacial score (nSPS) is 10.0. The third kappa shape index (κ3) is 2.63. The predicted octanol–water partition coefficient (Wildman–Crippen LogP) is 3.67. The third-order valence-corrected chi connectivity index (χ3v) is 2.73. The molecule has 0 spiro atoms. The minimum absolute atomic E-state index is 0.615. The van der Waals surface area contributed by atoms with Gasteiger partial charge in [-0.25, -0.2) is 0 Å². The van der Waals surface area contributed by atoms with Crippen LogP contribution in [0.25, 0.3) is 0 Å². The lowest BCUT2D eigenvalue weighted by Crippen LogP contribution is -1.97. The molecule has 88 valence electrons. The van der Waals surface area contributed by atoms with E-state index in [1.165, 1.54) is 0 Å². The van der Waals surface area contributed by atoms with Gasteiger partial charge >= 0.3 is 0 Å². The van der Waals surface area contributed by atoms with Crippen molar-refractivity contribution in [2.75, 3.05) is 18.2 Å². The first-order valence-corrected chi connectivity index (χ1v) is 5.53. The highest BCUT2D eigenvalue weighted by molar-refractivity contribution is 6.33. The highest BCUT2D eigenvalue weighted by atomic mass is 35.5. The number of nitrogen functional groups attached to an aromatic ring is 1. The highest BCUT2D eigenvalue weighted by Gasteiger charge is 2.03. The first-order valence-electron chi connectivity index (χ1n) is 5.16. The van der Waals surface area contributed by atoms with E-state index in [9.17, 15) is 0 Å². The average molecular weight is 249 g/mol. The molecule has 3 nitrogen and oxygen atoms in total. The van der Waals surface area contributed by atoms with Crippen molar-refractivity contribution in [2.45, 2.75) is 0 Å². The quantitative estimate of drug-likeness (QED) is 0.815. The van der Waals surface area contributed by atoms with Gasteiger partial charge in [-0.05, 0) is 24.3 Å². The van der Waals surface area contributed by atoms with Gasteiger partial charge in [0.1, 0.15) is 5.75 Å². The van der Waals surface area contributed by atoms with E-state index in [-0.39, 0.29) is 0 Å². The van der Waals surface area contributed by atoms with Crippen LogP contribution in [0.4, 0.5) is 17.1 Å². The molecule has 0 bridgehead atoms. The molecule has 3 N–H and O–H groups in total. The fourth-order valence-electron chi connectivity index (χ4n) is 1.49. The average Bonchev–Trinajstić information content (AvgIpc) is 2.34. The van der Waals surface area contributed by atoms with E-state index in [4.69, 9.17) is 22.1 Å². The Morgan fingerprint density at radius 3 is 2.53 bits per heavy atom. The molecule has 0 saturated carbocycles. The molecule has 0 radical (unpaired) electrons. The summed E-state index contributed by atoms with van der Waals surface area (Å²) >= 11 is 6.06. The predicted molar refractivity (Wildman–Crippen MR) is 72.1 cm³/mol. The Kier molecular flexibility index (Phi) is 3.40. The number of nitrogens with two attached hydrogens (primary N) is 1. The van der Waals surface area contributed by atoms with Crippen molar-refractivity contribution in [3.63, 3.8) is 0 Å². The van der Waals surface area contributed by atoms with E-state index in [1.807, 2.05) is 36.4 Å². The van der Waals surface area contributed by atoms with E-state index in [1.54, 1.807) is 13.2 Å². The summed E-state index contributed by atoms with van der Waals surface area (Å²) in [5, 5.41) is 3.83. The van der Waals surface area contributed by atoms with Crippen molar-refractivity contribution in [1.82, 2.24) is 0 Å². The number of anilines is 3. The number of rotatable bonds is 3. The Bertz CT molecular complexity index is 529. The summed E-state index contributed by atoms with van der Waals surface area (Å²) in [6.45, 7) is 0. The van der Waals surface area contributed by atoms with Gasteiger partial charge in [-0.2, -0.15) is 0 Å². The highest BCUT2D eigenvalue weighted by Crippen LogP contribution is 2.30. The van der Waals surface area contributed by atoms with Crippen LogP contribution in [0.15, 0.2) is 42.5 Å². The van der Waals surface area contributed by atoms with Gasteiger partial charge in [-0.1, -0.05) is 23.7 Å². The minimum atomic E-state index is 0.615. The number of hydrogen-bond acceptors (Lipinski definition) is 3. The van der Waals surface area contributed by atoms with Gasteiger partial charge in [-0.15, -0.1) is 0 Å². The number of methoxy groups -OCH3 is 1. The van der Waals surface area contributed by atoms with Crippen LogP contribution in [-0.2, 0) is 0 Å². The van der Waals surface area contributed by atoms with Gasteiger partial charge in [0.2, 0.25) is 0 Å². The Morgan fingerprint density at radius 1 is 1.12 bits per heavy atom. The van der Waals surface area contributed by atoms with Crippen LogP contribution in [0.3, 0.4) is 0 Å². The van der Waals surface area contributed by atoms with Crippen molar-refractivity contribution in [3.05, 3.63) is 47.5 Å². The van der Waals surface area contributed by atoms with Gasteiger partial charge in [-0.3, -0.25) is 0 Å². The lowest BCUT2D eigenvalue weighted by Gasteiger charge is -2.11. The van der Waals surface area contributed by atoms with Gasteiger partial charge < -0.3 is 15.8 Å². The molecule has 0 aliphatic carbocycles. The van der Waals surface area contributed by atoms with Crippen molar-refractivity contribution in [1.29, 1.82) is 0 Å². The van der Waals surface area contributed by atoms with Gasteiger partial charge in [0.25, 0.3) is 0 Å². The molecule has 0 amide bonds. The maximum Gasteiger partial charge on any atom is 0.121 e. The molecular formula is C13H13ClN2O. The number of halogens is 1. The molecular weight excluding hydrogens is 236 g/mol. The van der Waals surface area contributed by atoms with E-state index < -0.39 is 0 Å². The summed E-state index contributed by atoms with van der Waals surface area (Å²) in [5.74, 6) is 0.729. The molecule has 0 atom stereocenters. The van der Waals surface area contributed by atoms with E-state index in [0.29, 0.717) is 10.7 Å². The second kappa shape index (κ2) is 4.97. The number of para-hydroxylation sites is 1. The standard InChI is InChI=1S/C13H13ClN2O/c1-17-9-6-7-13(11(15)8-9)16-12-5-3-2-4-10(12)14/h2-8,16H,15H2,1H3. The number of hydrogen-bond donors (Lipinski definition) is 2. The summed E-state index contributed by atoms with van der Waals surface area (Å²) in [6.07, 6.45) is 0. The molecule has 0 aliphatic rings. The lowest BCUT2D eigenvalue weighted by atomic mass is 10.2. The molecule has 0 saturated heterocycles. The smallest absolute Gasteiger partial charge is 0.121 e. The van der Waals surface area contributed by atoms with Crippen LogP contribution < -0.4 is 15.8 Å². The molecule has 17 heavy (non-hydrogen) atoms. The van der Waals surface area contributed by atoms with Crippen LogP contribution in [0.5, 0.6) is 5.75 Å². The maximum atomic E-state index is 6.06. The summed E-state index contributed by atoms with van der Waals surface area (Å²) in [6, 6.07) is 13.0. The molecule has 2 rings (SSSR count). The zero-order valence-corrected chi connectivity index (χ0v) is 10.2. The van der Waals surface area contributed by atoms with E-state index >= 15 is 0 Å². The number of benzene rings is 2. The minimum Gasteiger partial charge on any atom is -0.497 e. The fourth-order valence-corrected chi connectivity index (χ4v) is 1.67. The Morgan fingerprint density at radius 2 is 1.88 bits per heavy atom. The van der Waals surface area contributed by atoms with Crippen molar-refractivity contribution >= 4 is 28.7 Å². The largest absolute Gasteiger partial charge is 0.497 e. The molecule has 2 aromatic carbocycles. The zero-order valence-electron chi connectivity index (χ0n) is 9.41. The molecule has 0 fully saturated rings. The van der Waals surface area contributed by atoms with Crippen LogP contribution in [-0.4, -0.2) is 7.11 Å². The molecule has 2 aromatic rings. The molecule has 0 aliphatic heterocycles. The van der Waals surface area contributed by atoms with Crippen LogP contribution >= 0.6 is 11.6 Å². The topological polar surface area (TPSA) is 47.3 Å². The summed E-state index contributed by atoms with van der Waals surface area (Å²) in [5.41, 5.74) is 8.15. The number of nitrogens with one attached hydrogen (secondary N) is 1. The second-order valence-electron chi connectivity index (χ2n) is 3.56. The lowest BCUT2D eigenvalue weighted by molar-refractivity contribution is 0.415. The maximum absolute atomic E-state index is 6.06. The van der Waals surface area contributed by atoms with Crippen LogP contribution in [0.1, 0.15) is 0 Å². The third-order valence-electron chi connectivity index (χ3n) is 2.40. The fraction of sp³-hybridized carbons (Fsp3) is 0.0769. The Hall–Kier alpha value is -1.87. The SMILES string of the molecule is COc1ccc(Nc2ccccc2Cl)c(N)c1. The van der Waals surface area contributed by atoms with Crippen molar-refractivity contribution in [2.24, 2.45) is 0 Å². The summed E-state index contributed by atoms with van der Waals surface area (Å²) in [4.78, 5) is 0. The molecule has 0 unspecified atom stereocenters. The van der Waals surface area contributed by atoms with Gasteiger partial charge in [0, 0.05) is 6.07 Å². The van der Waals surface area contributed by atoms with Crippen LogP contribution in [0.2, 0.25) is 5.02 Å². The Labute approximate surface area is 105 Å². The first kappa shape index (κ1) is 11.6. The summed E-state index contributed by atoms with van der Waals surface area (Å²) in [7, 11) is 1.61. The molecule has 0 heterocycles. The van der Waals surface area contributed by atoms with Crippen LogP contribution in [0, 0.1) is 0 Å². The molecule has 4 heteroatoms. The molecule has 0 aromatic heterocycles.